The summed E-state index contributed by atoms with van der Waals surface area (Å²) < 4.78 is 28.2. The normalized spacial score (nSPS) is 14.6. The van der Waals surface area contributed by atoms with Gasteiger partial charge in [-0.3, -0.25) is 0 Å². The monoisotopic (exact) mass is 223 g/mol. The second kappa shape index (κ2) is 7.12. The average Bonchev–Trinajstić information content (AvgIpc) is 2.07. The van der Waals surface area contributed by atoms with Crippen molar-refractivity contribution in [3.05, 3.63) is 0 Å². The first kappa shape index (κ1) is 14.8. The topological polar surface area (TPSA) is 35.2 Å². The molecule has 1 atom stereocenters. The molecule has 0 saturated heterocycles. The van der Waals surface area contributed by atoms with Crippen LogP contribution in [0.5, 0.6) is 0 Å². The summed E-state index contributed by atoms with van der Waals surface area (Å²) in [7, 11) is 0. The minimum Gasteiger partial charge on any atom is -0.375 e. The van der Waals surface area contributed by atoms with Gasteiger partial charge in [-0.2, -0.15) is 0 Å². The highest BCUT2D eigenvalue weighted by Gasteiger charge is 2.12. The van der Waals surface area contributed by atoms with Crippen molar-refractivity contribution < 1.29 is 13.5 Å². The Balaban J connectivity index is 3.38. The molecule has 0 amide bonds. The van der Waals surface area contributed by atoms with E-state index in [-0.39, 0.29) is 11.5 Å². The Hall–Kier alpha value is -0.220. The Kier molecular flexibility index (Phi) is 7.02. The van der Waals surface area contributed by atoms with Crippen LogP contribution in [0, 0.1) is 5.41 Å². The van der Waals surface area contributed by atoms with E-state index in [1.54, 1.807) is 0 Å². The quantitative estimate of drug-likeness (QED) is 0.674. The molecular formula is C11H23F2NO. The predicted octanol–water partition coefficient (Wildman–Crippen LogP) is 2.81. The number of ether oxygens (including phenoxy) is 1. The number of halogens is 2. The van der Waals surface area contributed by atoms with Crippen LogP contribution in [0.3, 0.4) is 0 Å². The lowest BCUT2D eigenvalue weighted by molar-refractivity contribution is 0.0149. The Bertz CT molecular complexity index is 157. The summed E-state index contributed by atoms with van der Waals surface area (Å²) in [5.41, 5.74) is 6.11. The standard InChI is InChI=1S/C11H23F2NO/c1-11(2,3)6-4-9(14)5-7-15-8-10(12)13/h9-10H,4-8,14H2,1-3H3. The van der Waals surface area contributed by atoms with Gasteiger partial charge < -0.3 is 10.5 Å². The Morgan fingerprint density at radius 3 is 2.27 bits per heavy atom. The molecule has 2 nitrogen and oxygen atoms in total. The zero-order valence-electron chi connectivity index (χ0n) is 9.93. The van der Waals surface area contributed by atoms with Crippen LogP contribution in [-0.2, 0) is 4.74 Å². The highest BCUT2D eigenvalue weighted by molar-refractivity contribution is 4.68. The summed E-state index contributed by atoms with van der Waals surface area (Å²) in [4.78, 5) is 0. The maximum Gasteiger partial charge on any atom is 0.261 e. The van der Waals surface area contributed by atoms with Gasteiger partial charge in [0, 0.05) is 12.6 Å². The van der Waals surface area contributed by atoms with Gasteiger partial charge in [-0.1, -0.05) is 20.8 Å². The van der Waals surface area contributed by atoms with E-state index in [1.807, 2.05) is 0 Å². The number of alkyl halides is 2. The van der Waals surface area contributed by atoms with Gasteiger partial charge in [-0.05, 0) is 24.7 Å². The van der Waals surface area contributed by atoms with Crippen molar-refractivity contribution in [2.75, 3.05) is 13.2 Å². The number of hydrogen-bond acceptors (Lipinski definition) is 2. The van der Waals surface area contributed by atoms with E-state index in [4.69, 9.17) is 10.5 Å². The van der Waals surface area contributed by atoms with Crippen LogP contribution in [0.1, 0.15) is 40.0 Å². The molecule has 0 fully saturated rings. The molecule has 92 valence electrons. The first-order valence-electron chi connectivity index (χ1n) is 5.43. The predicted molar refractivity (Wildman–Crippen MR) is 58.1 cm³/mol. The van der Waals surface area contributed by atoms with Crippen molar-refractivity contribution in [3.63, 3.8) is 0 Å². The fourth-order valence-electron chi connectivity index (χ4n) is 1.17. The summed E-state index contributed by atoms with van der Waals surface area (Å²) in [5, 5.41) is 0. The number of nitrogens with two attached hydrogens (primary N) is 1. The van der Waals surface area contributed by atoms with Gasteiger partial charge in [0.15, 0.2) is 0 Å². The SMILES string of the molecule is CC(C)(C)CCC(N)CCOCC(F)F. The van der Waals surface area contributed by atoms with Crippen LogP contribution in [0.2, 0.25) is 0 Å². The van der Waals surface area contributed by atoms with Gasteiger partial charge >= 0.3 is 0 Å². The molecule has 0 radical (unpaired) electrons. The minimum atomic E-state index is -2.38. The van der Waals surface area contributed by atoms with E-state index in [0.717, 1.165) is 12.8 Å². The number of rotatable bonds is 7. The summed E-state index contributed by atoms with van der Waals surface area (Å²) in [6, 6.07) is 0.0573. The Morgan fingerprint density at radius 1 is 1.20 bits per heavy atom. The molecule has 2 N–H and O–H groups in total. The molecule has 0 spiro atoms. The summed E-state index contributed by atoms with van der Waals surface area (Å²) in [5.74, 6) is 0. The van der Waals surface area contributed by atoms with Crippen molar-refractivity contribution in [3.8, 4) is 0 Å². The van der Waals surface area contributed by atoms with Crippen LogP contribution in [0.15, 0.2) is 0 Å². The van der Waals surface area contributed by atoms with Crippen LogP contribution in [0.4, 0.5) is 8.78 Å². The maximum atomic E-state index is 11.7. The zero-order chi connectivity index (χ0) is 11.9. The van der Waals surface area contributed by atoms with Gasteiger partial charge in [0.1, 0.15) is 6.61 Å². The van der Waals surface area contributed by atoms with Crippen LogP contribution >= 0.6 is 0 Å². The first-order valence-corrected chi connectivity index (χ1v) is 5.43. The molecule has 4 heteroatoms. The highest BCUT2D eigenvalue weighted by Crippen LogP contribution is 2.21. The lowest BCUT2D eigenvalue weighted by atomic mass is 9.88. The first-order chi connectivity index (χ1) is 6.81. The third-order valence-corrected chi connectivity index (χ3v) is 2.14. The molecule has 0 aliphatic heterocycles. The smallest absolute Gasteiger partial charge is 0.261 e. The van der Waals surface area contributed by atoms with Crippen molar-refractivity contribution in [1.29, 1.82) is 0 Å². The van der Waals surface area contributed by atoms with Gasteiger partial charge in [0.2, 0.25) is 0 Å². The van der Waals surface area contributed by atoms with Crippen LogP contribution < -0.4 is 5.73 Å². The largest absolute Gasteiger partial charge is 0.375 e. The van der Waals surface area contributed by atoms with E-state index in [1.165, 1.54) is 0 Å². The Morgan fingerprint density at radius 2 is 1.80 bits per heavy atom. The van der Waals surface area contributed by atoms with Gasteiger partial charge in [0.25, 0.3) is 6.43 Å². The minimum absolute atomic E-state index is 0.0573. The van der Waals surface area contributed by atoms with E-state index >= 15 is 0 Å². The molecule has 1 unspecified atom stereocenters. The van der Waals surface area contributed by atoms with Crippen molar-refractivity contribution in [2.24, 2.45) is 11.1 Å². The summed E-state index contributed by atoms with van der Waals surface area (Å²) in [6.07, 6.45) is 0.240. The van der Waals surface area contributed by atoms with Crippen LogP contribution in [0.25, 0.3) is 0 Å². The van der Waals surface area contributed by atoms with E-state index in [2.05, 4.69) is 20.8 Å². The molecule has 0 heterocycles. The lowest BCUT2D eigenvalue weighted by Gasteiger charge is -2.20. The molecular weight excluding hydrogens is 200 g/mol. The Labute approximate surface area is 91.2 Å². The van der Waals surface area contributed by atoms with Crippen LogP contribution in [-0.4, -0.2) is 25.7 Å². The average molecular weight is 223 g/mol. The second-order valence-electron chi connectivity index (χ2n) is 5.11. The van der Waals surface area contributed by atoms with Gasteiger partial charge in [0.05, 0.1) is 0 Å². The van der Waals surface area contributed by atoms with Crippen molar-refractivity contribution >= 4 is 0 Å². The molecule has 0 saturated carbocycles. The third-order valence-electron chi connectivity index (χ3n) is 2.14. The van der Waals surface area contributed by atoms with E-state index in [0.29, 0.717) is 13.0 Å². The molecule has 0 aromatic heterocycles. The summed E-state index contributed by atoms with van der Waals surface area (Å²) >= 11 is 0. The maximum absolute atomic E-state index is 11.7. The zero-order valence-corrected chi connectivity index (χ0v) is 9.93. The fraction of sp³-hybridized carbons (Fsp3) is 1.00. The van der Waals surface area contributed by atoms with Crippen molar-refractivity contribution in [1.82, 2.24) is 0 Å². The molecule has 0 aliphatic rings. The van der Waals surface area contributed by atoms with E-state index in [9.17, 15) is 8.78 Å². The molecule has 0 bridgehead atoms. The third kappa shape index (κ3) is 11.7. The van der Waals surface area contributed by atoms with Crippen molar-refractivity contribution in [2.45, 2.75) is 52.5 Å². The molecule has 0 aliphatic carbocycles. The molecule has 0 aromatic rings. The summed E-state index contributed by atoms with van der Waals surface area (Å²) in [6.45, 7) is 6.33. The lowest BCUT2D eigenvalue weighted by Crippen LogP contribution is -2.24. The highest BCUT2D eigenvalue weighted by atomic mass is 19.3. The van der Waals surface area contributed by atoms with Gasteiger partial charge in [-0.15, -0.1) is 0 Å². The van der Waals surface area contributed by atoms with Gasteiger partial charge in [-0.25, -0.2) is 8.78 Å². The fourth-order valence-corrected chi connectivity index (χ4v) is 1.17. The second-order valence-corrected chi connectivity index (χ2v) is 5.11. The molecule has 0 rings (SSSR count). The molecule has 15 heavy (non-hydrogen) atoms. The van der Waals surface area contributed by atoms with E-state index < -0.39 is 13.0 Å². The number of hydrogen-bond donors (Lipinski definition) is 1. The molecule has 0 aromatic carbocycles.